The average molecular weight is 1220 g/mol. The molecule has 7 heteroatoms. The molecular weight excluding hydrogens is 1150 g/mol. The van der Waals surface area contributed by atoms with Crippen molar-refractivity contribution in [3.63, 3.8) is 0 Å². The smallest absolute Gasteiger partial charge is 0.135 e. The maximum atomic E-state index is 8.63. The van der Waals surface area contributed by atoms with E-state index in [0.29, 0.717) is 17.7 Å². The summed E-state index contributed by atoms with van der Waals surface area (Å²) in [5.74, 6) is 1.44. The zero-order chi connectivity index (χ0) is 56.6. The molecule has 0 amide bonds. The number of benzene rings is 8. The van der Waals surface area contributed by atoms with Crippen LogP contribution in [-0.2, 0) is 50.3 Å². The van der Waals surface area contributed by atoms with Gasteiger partial charge in [0.2, 0.25) is 0 Å². The standard InChI is InChI=1S/C72H70N5O.Pt/c1-48-23-21-30-57(50-40-52(71(5,6)7)42-53(41-50)72(8,9)10)56(48)26-19-20-38-74-47-75(65-35-18-17-34-64(65)74)54-25-22-24-49(39-54)46-78-55-44-66(76-61-31-14-11-27-58(61)59-28-12-15-32-62(59)76)69-60-29-13-16-33-63(60)77(67(69)45-55)68-43-51(36-37-73-68)70(2,3)4;/h11-18,21-25,27-37,40-44,47H,19-20,26,38,46H2,1-10H3;/q-3;/i1D3;. The molecule has 0 aliphatic carbocycles. The second-order valence-electron chi connectivity index (χ2n) is 24.2. The van der Waals surface area contributed by atoms with Crippen molar-refractivity contribution < 1.29 is 29.9 Å². The third kappa shape index (κ3) is 10.2. The van der Waals surface area contributed by atoms with Crippen LogP contribution in [0.5, 0.6) is 5.75 Å². The summed E-state index contributed by atoms with van der Waals surface area (Å²) in [6.07, 6.45) is 4.24. The number of rotatable bonds is 12. The minimum Gasteiger partial charge on any atom is -0.517 e. The van der Waals surface area contributed by atoms with E-state index in [4.69, 9.17) is 13.8 Å². The molecule has 0 saturated carbocycles. The molecule has 1 aliphatic rings. The minimum absolute atomic E-state index is 0. The molecular formula is C72H70N5OPt-3. The first-order valence-corrected chi connectivity index (χ1v) is 27.6. The zero-order valence-corrected chi connectivity index (χ0v) is 49.1. The summed E-state index contributed by atoms with van der Waals surface area (Å²) in [7, 11) is 0. The Morgan fingerprint density at radius 3 is 1.86 bits per heavy atom. The van der Waals surface area contributed by atoms with Crippen molar-refractivity contribution in [1.29, 1.82) is 0 Å². The number of unbranched alkanes of at least 4 members (excludes halogenated alkanes) is 1. The van der Waals surface area contributed by atoms with Crippen LogP contribution in [0.15, 0.2) is 176 Å². The summed E-state index contributed by atoms with van der Waals surface area (Å²) < 4.78 is 37.5. The molecule has 0 N–H and O–H groups in total. The summed E-state index contributed by atoms with van der Waals surface area (Å²) >= 11 is 0. The van der Waals surface area contributed by atoms with E-state index in [-0.39, 0.29) is 43.9 Å². The van der Waals surface area contributed by atoms with Gasteiger partial charge in [-0.05, 0) is 141 Å². The van der Waals surface area contributed by atoms with E-state index >= 15 is 0 Å². The van der Waals surface area contributed by atoms with Crippen LogP contribution in [0, 0.1) is 25.7 Å². The molecule has 1 aliphatic heterocycles. The summed E-state index contributed by atoms with van der Waals surface area (Å²) in [4.78, 5) is 9.55. The van der Waals surface area contributed by atoms with E-state index in [2.05, 4.69) is 258 Å². The van der Waals surface area contributed by atoms with E-state index in [9.17, 15) is 0 Å². The third-order valence-electron chi connectivity index (χ3n) is 15.7. The van der Waals surface area contributed by atoms with Gasteiger partial charge in [-0.3, -0.25) is 0 Å². The number of hydrogen-bond acceptors (Lipinski definition) is 4. The molecule has 0 atom stereocenters. The fourth-order valence-electron chi connectivity index (χ4n) is 11.4. The van der Waals surface area contributed by atoms with Gasteiger partial charge in [0.05, 0.1) is 17.6 Å². The number of nitrogens with zero attached hydrogens (tertiary/aromatic N) is 5. The molecule has 8 aromatic carbocycles. The molecule has 0 unspecified atom stereocenters. The van der Waals surface area contributed by atoms with Crippen molar-refractivity contribution in [2.75, 3.05) is 16.3 Å². The topological polar surface area (TPSA) is 38.5 Å². The van der Waals surface area contributed by atoms with Crippen LogP contribution >= 0.6 is 0 Å². The number of anilines is 3. The van der Waals surface area contributed by atoms with E-state index in [1.165, 1.54) is 27.5 Å². The van der Waals surface area contributed by atoms with Gasteiger partial charge in [-0.1, -0.05) is 176 Å². The van der Waals surface area contributed by atoms with Gasteiger partial charge in [0.15, 0.2) is 0 Å². The molecule has 402 valence electrons. The Bertz CT molecular complexity index is 4100. The van der Waals surface area contributed by atoms with Crippen molar-refractivity contribution in [2.24, 2.45) is 0 Å². The normalized spacial score (nSPS) is 13.7. The molecule has 11 aromatic rings. The molecule has 3 aromatic heterocycles. The van der Waals surface area contributed by atoms with Crippen molar-refractivity contribution in [3.8, 4) is 28.4 Å². The Labute approximate surface area is 486 Å². The van der Waals surface area contributed by atoms with E-state index < -0.39 is 6.85 Å². The van der Waals surface area contributed by atoms with Crippen LogP contribution in [-0.4, -0.2) is 20.7 Å². The number of aryl methyl sites for hydroxylation is 1. The fraction of sp³-hybridized carbons (Fsp3) is 0.250. The Balaban J connectivity index is 0.00000705. The predicted octanol–water partition coefficient (Wildman–Crippen LogP) is 18.4. The first kappa shape index (κ1) is 49.9. The first-order valence-electron chi connectivity index (χ1n) is 29.1. The third-order valence-corrected chi connectivity index (χ3v) is 15.7. The number of hydrogen-bond donors (Lipinski definition) is 0. The number of ether oxygens (including phenoxy) is 1. The van der Waals surface area contributed by atoms with E-state index in [1.807, 2.05) is 12.3 Å². The van der Waals surface area contributed by atoms with Crippen LogP contribution in [0.3, 0.4) is 0 Å². The summed E-state index contributed by atoms with van der Waals surface area (Å²) in [6.45, 7) is 21.1. The minimum atomic E-state index is -2.24. The van der Waals surface area contributed by atoms with E-state index in [1.54, 1.807) is 6.07 Å². The molecule has 6 nitrogen and oxygen atoms in total. The Morgan fingerprint density at radius 2 is 1.19 bits per heavy atom. The summed E-state index contributed by atoms with van der Waals surface area (Å²) in [5, 5.41) is 4.54. The maximum Gasteiger partial charge on any atom is 0.135 e. The average Bonchev–Trinajstić information content (AvgIpc) is 2.61. The van der Waals surface area contributed by atoms with Crippen molar-refractivity contribution in [3.05, 3.63) is 228 Å². The van der Waals surface area contributed by atoms with E-state index in [0.717, 1.165) is 103 Å². The summed E-state index contributed by atoms with van der Waals surface area (Å²) in [6, 6.07) is 67.3. The maximum absolute atomic E-state index is 8.63. The molecule has 0 saturated heterocycles. The molecule has 0 spiro atoms. The summed E-state index contributed by atoms with van der Waals surface area (Å²) in [5.41, 5.74) is 16.0. The van der Waals surface area contributed by atoms with Gasteiger partial charge in [-0.2, -0.15) is 30.9 Å². The Hall–Kier alpha value is -7.40. The number of aromatic nitrogens is 3. The fourth-order valence-corrected chi connectivity index (χ4v) is 11.4. The van der Waals surface area contributed by atoms with Crippen LogP contribution in [0.25, 0.3) is 66.2 Å². The Morgan fingerprint density at radius 1 is 0.570 bits per heavy atom. The van der Waals surface area contributed by atoms with Gasteiger partial charge in [-0.15, -0.1) is 23.4 Å². The molecule has 0 radical (unpaired) electrons. The molecule has 12 rings (SSSR count). The van der Waals surface area contributed by atoms with Gasteiger partial charge in [-0.25, -0.2) is 4.98 Å². The second kappa shape index (κ2) is 21.0. The molecule has 79 heavy (non-hydrogen) atoms. The van der Waals surface area contributed by atoms with Crippen molar-refractivity contribution >= 4 is 60.7 Å². The number of pyridine rings is 1. The van der Waals surface area contributed by atoms with Gasteiger partial charge in [0, 0.05) is 64.8 Å². The quantitative estimate of drug-likeness (QED) is 0.0903. The largest absolute Gasteiger partial charge is 0.517 e. The predicted molar refractivity (Wildman–Crippen MR) is 327 cm³/mol. The zero-order valence-electron chi connectivity index (χ0n) is 49.8. The number of fused-ring (bicyclic) bond motifs is 7. The monoisotopic (exact) mass is 1220 g/mol. The van der Waals surface area contributed by atoms with Gasteiger partial charge in [0.25, 0.3) is 0 Å². The van der Waals surface area contributed by atoms with Crippen LogP contribution < -0.4 is 14.5 Å². The Kier molecular flexibility index (Phi) is 13.3. The van der Waals surface area contributed by atoms with Crippen LogP contribution in [0.2, 0.25) is 0 Å². The van der Waals surface area contributed by atoms with Crippen LogP contribution in [0.4, 0.5) is 17.1 Å². The van der Waals surface area contributed by atoms with Crippen molar-refractivity contribution in [1.82, 2.24) is 14.1 Å². The molecule has 4 heterocycles. The van der Waals surface area contributed by atoms with Gasteiger partial charge in [0.1, 0.15) is 5.82 Å². The van der Waals surface area contributed by atoms with Gasteiger partial charge >= 0.3 is 0 Å². The van der Waals surface area contributed by atoms with Gasteiger partial charge < -0.3 is 23.7 Å². The SMILES string of the molecule is [2H]C([2H])([2H])c1cccc(-c2cc(C(C)(C)C)cc(C(C)(C)C)c2)c1CCCCN1[CH-]N(c2[c-]c(COc3[c-]c4c(c(-n5c6ccccc6c6ccccc65)c3)c3ccccc3n4-c3cc(C(C)(C)C)ccn3)ccc2)c2ccccc21.[Pt]. The molecule has 0 fully saturated rings. The molecule has 0 bridgehead atoms. The second-order valence-corrected chi connectivity index (χ2v) is 24.2. The van der Waals surface area contributed by atoms with Crippen molar-refractivity contribution in [2.45, 2.75) is 111 Å². The van der Waals surface area contributed by atoms with Crippen LogP contribution in [0.1, 0.15) is 113 Å². The first-order chi connectivity index (χ1) is 38.7. The number of para-hydroxylation sites is 5.